The summed E-state index contributed by atoms with van der Waals surface area (Å²) in [5, 5.41) is 0. The van der Waals surface area contributed by atoms with Gasteiger partial charge in [0.25, 0.3) is 5.91 Å². The predicted octanol–water partition coefficient (Wildman–Crippen LogP) is 4.40. The lowest BCUT2D eigenvalue weighted by molar-refractivity contribution is -0.133. The highest BCUT2D eigenvalue weighted by Crippen LogP contribution is 2.16. The molecule has 0 N–H and O–H groups in total. The Balaban J connectivity index is 1.60. The van der Waals surface area contributed by atoms with Crippen molar-refractivity contribution < 1.29 is 14.3 Å². The van der Waals surface area contributed by atoms with E-state index in [4.69, 9.17) is 4.74 Å². The molecule has 0 fully saturated rings. The van der Waals surface area contributed by atoms with Crippen molar-refractivity contribution in [3.05, 3.63) is 107 Å². The highest BCUT2D eigenvalue weighted by Gasteiger charge is 2.17. The molecule has 0 saturated heterocycles. The summed E-state index contributed by atoms with van der Waals surface area (Å²) in [5.41, 5.74) is 4.68. The minimum Gasteiger partial charge on any atom is -0.452 e. The van der Waals surface area contributed by atoms with Crippen LogP contribution in [-0.4, -0.2) is 30.4 Å². The van der Waals surface area contributed by atoms with E-state index in [1.807, 2.05) is 73.7 Å². The first-order valence-electron chi connectivity index (χ1n) is 9.62. The lowest BCUT2D eigenvalue weighted by atomic mass is 10.00. The van der Waals surface area contributed by atoms with E-state index in [9.17, 15) is 9.59 Å². The number of hydrogen-bond donors (Lipinski definition) is 0. The quantitative estimate of drug-likeness (QED) is 0.565. The number of ether oxygens (including phenoxy) is 1. The second-order valence-electron chi connectivity index (χ2n) is 7.07. The Morgan fingerprint density at radius 1 is 0.828 bits per heavy atom. The minimum atomic E-state index is -0.478. The zero-order chi connectivity index (χ0) is 20.6. The van der Waals surface area contributed by atoms with Crippen molar-refractivity contribution in [1.29, 1.82) is 0 Å². The molecule has 3 aromatic carbocycles. The lowest BCUT2D eigenvalue weighted by Gasteiger charge is -2.18. The lowest BCUT2D eigenvalue weighted by Crippen LogP contribution is -2.31. The summed E-state index contributed by atoms with van der Waals surface area (Å²) in [7, 11) is 1.71. The summed E-state index contributed by atoms with van der Waals surface area (Å²) in [4.78, 5) is 26.6. The van der Waals surface area contributed by atoms with Crippen LogP contribution in [0.2, 0.25) is 0 Å². The fourth-order valence-electron chi connectivity index (χ4n) is 3.14. The number of aryl methyl sites for hydroxylation is 1. The van der Waals surface area contributed by atoms with Gasteiger partial charge in [-0.25, -0.2) is 4.79 Å². The minimum absolute atomic E-state index is 0.234. The number of carbonyl (C=O) groups excluding carboxylic acids is 2. The van der Waals surface area contributed by atoms with E-state index in [0.717, 1.165) is 22.3 Å². The molecular weight excluding hydrogens is 362 g/mol. The first-order chi connectivity index (χ1) is 14.0. The molecule has 0 aliphatic carbocycles. The van der Waals surface area contributed by atoms with Gasteiger partial charge in [0.1, 0.15) is 0 Å². The molecule has 0 saturated carbocycles. The Morgan fingerprint density at radius 3 is 2.17 bits per heavy atom. The third kappa shape index (κ3) is 5.55. The zero-order valence-corrected chi connectivity index (χ0v) is 16.8. The number of nitrogens with zero attached hydrogens (tertiary/aromatic N) is 1. The van der Waals surface area contributed by atoms with Gasteiger partial charge in [-0.1, -0.05) is 72.8 Å². The Bertz CT molecular complexity index is 982. The molecule has 4 heteroatoms. The predicted molar refractivity (Wildman–Crippen MR) is 114 cm³/mol. The Kier molecular flexibility index (Phi) is 6.80. The molecule has 29 heavy (non-hydrogen) atoms. The molecule has 0 aromatic heterocycles. The molecule has 3 aromatic rings. The third-order valence-corrected chi connectivity index (χ3v) is 4.90. The number of benzene rings is 3. The van der Waals surface area contributed by atoms with Crippen LogP contribution in [0.5, 0.6) is 0 Å². The van der Waals surface area contributed by atoms with E-state index in [1.54, 1.807) is 24.1 Å². The van der Waals surface area contributed by atoms with Crippen LogP contribution in [0, 0.1) is 6.92 Å². The first kappa shape index (κ1) is 20.3. The van der Waals surface area contributed by atoms with E-state index in [1.165, 1.54) is 0 Å². The molecule has 3 rings (SSSR count). The van der Waals surface area contributed by atoms with Gasteiger partial charge < -0.3 is 9.64 Å². The van der Waals surface area contributed by atoms with Crippen LogP contribution in [0.1, 0.15) is 32.6 Å². The maximum absolute atomic E-state index is 12.6. The van der Waals surface area contributed by atoms with Gasteiger partial charge in [0.2, 0.25) is 0 Å². The molecule has 0 radical (unpaired) electrons. The van der Waals surface area contributed by atoms with Crippen LogP contribution in [0.15, 0.2) is 78.9 Å². The number of esters is 1. The highest BCUT2D eigenvalue weighted by atomic mass is 16.5. The summed E-state index contributed by atoms with van der Waals surface area (Å²) in [6, 6.07) is 25.2. The summed E-state index contributed by atoms with van der Waals surface area (Å²) in [6.07, 6.45) is 0.632. The molecule has 148 valence electrons. The molecule has 0 bridgehead atoms. The number of rotatable bonds is 7. The smallest absolute Gasteiger partial charge is 0.338 e. The van der Waals surface area contributed by atoms with Gasteiger partial charge in [-0.15, -0.1) is 0 Å². The van der Waals surface area contributed by atoms with Gasteiger partial charge in [0.05, 0.1) is 5.56 Å². The standard InChI is InChI=1S/C25H25NO3/c1-19-10-6-7-14-22(19)17-26(2)24(27)18-29-25(28)23-15-9-8-13-21(23)16-20-11-4-3-5-12-20/h3-15H,16-18H2,1-2H3. The van der Waals surface area contributed by atoms with E-state index in [-0.39, 0.29) is 12.5 Å². The number of amides is 1. The summed E-state index contributed by atoms with van der Waals surface area (Å²) >= 11 is 0. The maximum Gasteiger partial charge on any atom is 0.338 e. The largest absolute Gasteiger partial charge is 0.452 e. The Hall–Kier alpha value is -3.40. The van der Waals surface area contributed by atoms with Gasteiger partial charge in [-0.2, -0.15) is 0 Å². The summed E-state index contributed by atoms with van der Waals surface area (Å²) < 4.78 is 5.33. The molecule has 0 aliphatic heterocycles. The molecule has 4 nitrogen and oxygen atoms in total. The average Bonchev–Trinajstić information content (AvgIpc) is 2.74. The second kappa shape index (κ2) is 9.69. The normalized spacial score (nSPS) is 10.4. The van der Waals surface area contributed by atoms with Gasteiger partial charge in [0.15, 0.2) is 6.61 Å². The number of hydrogen-bond acceptors (Lipinski definition) is 3. The van der Waals surface area contributed by atoms with Crippen LogP contribution < -0.4 is 0 Å². The van der Waals surface area contributed by atoms with Crippen molar-refractivity contribution in [1.82, 2.24) is 4.90 Å². The van der Waals surface area contributed by atoms with Crippen molar-refractivity contribution >= 4 is 11.9 Å². The molecule has 0 spiro atoms. The van der Waals surface area contributed by atoms with Crippen molar-refractivity contribution in [3.63, 3.8) is 0 Å². The fraction of sp³-hybridized carbons (Fsp3) is 0.200. The molecule has 0 heterocycles. The van der Waals surface area contributed by atoms with Crippen LogP contribution in [0.3, 0.4) is 0 Å². The average molecular weight is 387 g/mol. The summed E-state index contributed by atoms with van der Waals surface area (Å²) in [6.45, 7) is 2.21. The van der Waals surface area contributed by atoms with Crippen molar-refractivity contribution in [2.75, 3.05) is 13.7 Å². The van der Waals surface area contributed by atoms with Crippen LogP contribution in [0.25, 0.3) is 0 Å². The third-order valence-electron chi connectivity index (χ3n) is 4.90. The monoisotopic (exact) mass is 387 g/mol. The Labute approximate surface area is 171 Å². The van der Waals surface area contributed by atoms with Gasteiger partial charge in [-0.3, -0.25) is 4.79 Å². The van der Waals surface area contributed by atoms with Crippen molar-refractivity contribution in [2.24, 2.45) is 0 Å². The van der Waals surface area contributed by atoms with Gasteiger partial charge >= 0.3 is 5.97 Å². The number of carbonyl (C=O) groups is 2. The topological polar surface area (TPSA) is 46.6 Å². The maximum atomic E-state index is 12.6. The molecule has 1 amide bonds. The zero-order valence-electron chi connectivity index (χ0n) is 16.8. The fourth-order valence-corrected chi connectivity index (χ4v) is 3.14. The summed E-state index contributed by atoms with van der Waals surface area (Å²) in [5.74, 6) is -0.712. The number of likely N-dealkylation sites (N-methyl/N-ethyl adjacent to an activating group) is 1. The van der Waals surface area contributed by atoms with E-state index >= 15 is 0 Å². The van der Waals surface area contributed by atoms with Gasteiger partial charge in [0, 0.05) is 13.6 Å². The van der Waals surface area contributed by atoms with E-state index in [0.29, 0.717) is 18.5 Å². The molecule has 0 unspecified atom stereocenters. The first-order valence-corrected chi connectivity index (χ1v) is 9.62. The van der Waals surface area contributed by atoms with Crippen LogP contribution in [0.4, 0.5) is 0 Å². The van der Waals surface area contributed by atoms with E-state index < -0.39 is 5.97 Å². The van der Waals surface area contributed by atoms with Gasteiger partial charge in [-0.05, 0) is 41.7 Å². The SMILES string of the molecule is Cc1ccccc1CN(C)C(=O)COC(=O)c1ccccc1Cc1ccccc1. The van der Waals surface area contributed by atoms with Crippen LogP contribution in [-0.2, 0) is 22.5 Å². The molecule has 0 atom stereocenters. The van der Waals surface area contributed by atoms with Crippen molar-refractivity contribution in [3.8, 4) is 0 Å². The molecular formula is C25H25NO3. The highest BCUT2D eigenvalue weighted by molar-refractivity contribution is 5.92. The molecule has 0 aliphatic rings. The van der Waals surface area contributed by atoms with Crippen molar-refractivity contribution in [2.45, 2.75) is 19.9 Å². The second-order valence-corrected chi connectivity index (χ2v) is 7.07. The van der Waals surface area contributed by atoms with Crippen LogP contribution >= 0.6 is 0 Å². The Morgan fingerprint density at radius 2 is 1.45 bits per heavy atom. The van der Waals surface area contributed by atoms with E-state index in [2.05, 4.69) is 0 Å².